The van der Waals surface area contributed by atoms with Crippen molar-refractivity contribution < 1.29 is 9.59 Å². The molecule has 1 aliphatic rings. The highest BCUT2D eigenvalue weighted by molar-refractivity contribution is 6.30. The Morgan fingerprint density at radius 1 is 1.30 bits per heavy atom. The molecule has 2 rings (SSSR count). The molecule has 5 nitrogen and oxygen atoms in total. The minimum atomic E-state index is -0.147. The number of urea groups is 1. The highest BCUT2D eigenvalue weighted by atomic mass is 35.5. The fourth-order valence-electron chi connectivity index (χ4n) is 2.13. The molecule has 108 valence electrons. The first-order chi connectivity index (χ1) is 9.47. The van der Waals surface area contributed by atoms with Crippen LogP contribution in [0.1, 0.15) is 13.8 Å². The van der Waals surface area contributed by atoms with Gasteiger partial charge in [0.25, 0.3) is 0 Å². The fourth-order valence-corrected chi connectivity index (χ4v) is 2.26. The van der Waals surface area contributed by atoms with E-state index in [-0.39, 0.29) is 24.5 Å². The van der Waals surface area contributed by atoms with E-state index in [1.807, 2.05) is 13.8 Å². The molecule has 0 radical (unpaired) electrons. The molecule has 6 heteroatoms. The number of anilines is 1. The Bertz CT molecular complexity index is 502. The highest BCUT2D eigenvalue weighted by Gasteiger charge is 2.30. The van der Waals surface area contributed by atoms with Crippen LogP contribution >= 0.6 is 11.6 Å². The fraction of sp³-hybridized carbons (Fsp3) is 0.429. The molecule has 0 unspecified atom stereocenters. The number of amides is 3. The lowest BCUT2D eigenvalue weighted by Gasteiger charge is -2.19. The van der Waals surface area contributed by atoms with Crippen LogP contribution in [-0.2, 0) is 4.79 Å². The number of nitrogens with zero attached hydrogens (tertiary/aromatic N) is 2. The van der Waals surface area contributed by atoms with E-state index in [1.54, 1.807) is 34.1 Å². The Morgan fingerprint density at radius 2 is 1.95 bits per heavy atom. The highest BCUT2D eigenvalue weighted by Crippen LogP contribution is 2.22. The standard InChI is InChI=1S/C14H18ClN3O2/c1-10(2)16-13(19)9-17-7-8-18(14(17)20)12-5-3-11(15)4-6-12/h3-6,10H,7-9H2,1-2H3,(H,16,19). The van der Waals surface area contributed by atoms with Gasteiger partial charge in [-0.2, -0.15) is 0 Å². The van der Waals surface area contributed by atoms with Crippen LogP contribution in [0.25, 0.3) is 0 Å². The number of benzene rings is 1. The van der Waals surface area contributed by atoms with Crippen molar-refractivity contribution in [3.63, 3.8) is 0 Å². The molecule has 0 aliphatic carbocycles. The summed E-state index contributed by atoms with van der Waals surface area (Å²) < 4.78 is 0. The molecule has 0 saturated carbocycles. The van der Waals surface area contributed by atoms with Crippen LogP contribution < -0.4 is 10.2 Å². The summed E-state index contributed by atoms with van der Waals surface area (Å²) in [7, 11) is 0. The predicted molar refractivity (Wildman–Crippen MR) is 79.0 cm³/mol. The van der Waals surface area contributed by atoms with E-state index < -0.39 is 0 Å². The number of nitrogens with one attached hydrogen (secondary N) is 1. The molecule has 1 aromatic rings. The van der Waals surface area contributed by atoms with E-state index in [0.717, 1.165) is 5.69 Å². The van der Waals surface area contributed by atoms with Crippen molar-refractivity contribution >= 4 is 29.2 Å². The number of hydrogen-bond acceptors (Lipinski definition) is 2. The molecule has 1 heterocycles. The van der Waals surface area contributed by atoms with Gasteiger partial charge in [0.15, 0.2) is 0 Å². The first-order valence-corrected chi connectivity index (χ1v) is 6.96. The summed E-state index contributed by atoms with van der Waals surface area (Å²) in [4.78, 5) is 27.2. The van der Waals surface area contributed by atoms with Gasteiger partial charge in [-0.1, -0.05) is 11.6 Å². The van der Waals surface area contributed by atoms with E-state index in [2.05, 4.69) is 5.32 Å². The van der Waals surface area contributed by atoms with Gasteiger partial charge in [0, 0.05) is 29.8 Å². The van der Waals surface area contributed by atoms with E-state index in [4.69, 9.17) is 11.6 Å². The van der Waals surface area contributed by atoms with Crippen molar-refractivity contribution in [3.05, 3.63) is 29.3 Å². The second kappa shape index (κ2) is 6.13. The molecule has 1 N–H and O–H groups in total. The Balaban J connectivity index is 1.99. The van der Waals surface area contributed by atoms with Crippen LogP contribution in [0, 0.1) is 0 Å². The second-order valence-electron chi connectivity index (χ2n) is 5.05. The summed E-state index contributed by atoms with van der Waals surface area (Å²) in [6.07, 6.45) is 0. The third-order valence-corrected chi connectivity index (χ3v) is 3.27. The first-order valence-electron chi connectivity index (χ1n) is 6.59. The topological polar surface area (TPSA) is 52.7 Å². The quantitative estimate of drug-likeness (QED) is 0.925. The summed E-state index contributed by atoms with van der Waals surface area (Å²) in [5.74, 6) is -0.133. The number of carbonyl (C=O) groups is 2. The molecule has 0 aromatic heterocycles. The summed E-state index contributed by atoms with van der Waals surface area (Å²) in [5, 5.41) is 3.42. The van der Waals surface area contributed by atoms with Crippen molar-refractivity contribution in [2.45, 2.75) is 19.9 Å². The summed E-state index contributed by atoms with van der Waals surface area (Å²) in [5.41, 5.74) is 0.797. The smallest absolute Gasteiger partial charge is 0.325 e. The maximum absolute atomic E-state index is 12.3. The lowest BCUT2D eigenvalue weighted by atomic mass is 10.3. The van der Waals surface area contributed by atoms with Gasteiger partial charge in [-0.15, -0.1) is 0 Å². The molecule has 0 bridgehead atoms. The molecule has 20 heavy (non-hydrogen) atoms. The number of halogens is 1. The molecule has 1 aromatic carbocycles. The van der Waals surface area contributed by atoms with Crippen molar-refractivity contribution in [3.8, 4) is 0 Å². The van der Waals surface area contributed by atoms with Gasteiger partial charge >= 0.3 is 6.03 Å². The largest absolute Gasteiger partial charge is 0.352 e. The van der Waals surface area contributed by atoms with Crippen molar-refractivity contribution in [1.29, 1.82) is 0 Å². The minimum Gasteiger partial charge on any atom is -0.352 e. The van der Waals surface area contributed by atoms with Crippen LogP contribution in [0.3, 0.4) is 0 Å². The molecule has 3 amide bonds. The Hall–Kier alpha value is -1.75. The zero-order chi connectivity index (χ0) is 14.7. The van der Waals surface area contributed by atoms with Crippen LogP contribution in [0.15, 0.2) is 24.3 Å². The zero-order valence-electron chi connectivity index (χ0n) is 11.6. The number of hydrogen-bond donors (Lipinski definition) is 1. The van der Waals surface area contributed by atoms with Crippen LogP contribution in [0.4, 0.5) is 10.5 Å². The third kappa shape index (κ3) is 3.42. The van der Waals surface area contributed by atoms with Crippen molar-refractivity contribution in [1.82, 2.24) is 10.2 Å². The van der Waals surface area contributed by atoms with E-state index in [9.17, 15) is 9.59 Å². The zero-order valence-corrected chi connectivity index (χ0v) is 12.4. The lowest BCUT2D eigenvalue weighted by Crippen LogP contribution is -2.42. The third-order valence-electron chi connectivity index (χ3n) is 3.02. The SMILES string of the molecule is CC(C)NC(=O)CN1CCN(c2ccc(Cl)cc2)C1=O. The maximum atomic E-state index is 12.3. The summed E-state index contributed by atoms with van der Waals surface area (Å²) in [6, 6.07) is 7.03. The van der Waals surface area contributed by atoms with Gasteiger partial charge < -0.3 is 10.2 Å². The molecule has 0 spiro atoms. The minimum absolute atomic E-state index is 0.0765. The Kier molecular flexibility index (Phi) is 4.49. The normalized spacial score (nSPS) is 15.1. The predicted octanol–water partition coefficient (Wildman–Crippen LogP) is 2.11. The molecule has 1 saturated heterocycles. The summed E-state index contributed by atoms with van der Waals surface area (Å²) in [6.45, 7) is 5.01. The van der Waals surface area contributed by atoms with Crippen molar-refractivity contribution in [2.75, 3.05) is 24.5 Å². The van der Waals surface area contributed by atoms with E-state index in [0.29, 0.717) is 18.1 Å². The van der Waals surface area contributed by atoms with Gasteiger partial charge in [-0.3, -0.25) is 9.69 Å². The molecular weight excluding hydrogens is 278 g/mol. The number of carbonyl (C=O) groups excluding carboxylic acids is 2. The van der Waals surface area contributed by atoms with Crippen LogP contribution in [0.2, 0.25) is 5.02 Å². The average Bonchev–Trinajstić information content (AvgIpc) is 2.71. The van der Waals surface area contributed by atoms with Crippen LogP contribution in [-0.4, -0.2) is 42.5 Å². The van der Waals surface area contributed by atoms with Gasteiger partial charge in [0.1, 0.15) is 6.54 Å². The van der Waals surface area contributed by atoms with E-state index in [1.165, 1.54) is 0 Å². The Labute approximate surface area is 123 Å². The van der Waals surface area contributed by atoms with Gasteiger partial charge in [-0.25, -0.2) is 4.79 Å². The second-order valence-corrected chi connectivity index (χ2v) is 5.49. The van der Waals surface area contributed by atoms with Gasteiger partial charge in [-0.05, 0) is 38.1 Å². The maximum Gasteiger partial charge on any atom is 0.325 e. The molecular formula is C14H18ClN3O2. The molecule has 0 atom stereocenters. The van der Waals surface area contributed by atoms with Crippen LogP contribution in [0.5, 0.6) is 0 Å². The average molecular weight is 296 g/mol. The van der Waals surface area contributed by atoms with Gasteiger partial charge in [0.2, 0.25) is 5.91 Å². The van der Waals surface area contributed by atoms with Gasteiger partial charge in [0.05, 0.1) is 0 Å². The molecule has 1 aliphatic heterocycles. The lowest BCUT2D eigenvalue weighted by molar-refractivity contribution is -0.122. The number of rotatable bonds is 4. The molecule has 1 fully saturated rings. The van der Waals surface area contributed by atoms with Crippen molar-refractivity contribution in [2.24, 2.45) is 0 Å². The Morgan fingerprint density at radius 3 is 2.55 bits per heavy atom. The summed E-state index contributed by atoms with van der Waals surface area (Å²) >= 11 is 5.83. The monoisotopic (exact) mass is 295 g/mol. The first kappa shape index (κ1) is 14.7. The van der Waals surface area contributed by atoms with E-state index >= 15 is 0 Å².